The van der Waals surface area contributed by atoms with Gasteiger partial charge < -0.3 is 19.9 Å². The largest absolute Gasteiger partial charge is 0.497 e. The zero-order valence-electron chi connectivity index (χ0n) is 14.4. The Morgan fingerprint density at radius 2 is 1.92 bits per heavy atom. The fourth-order valence-corrected chi connectivity index (χ4v) is 2.56. The van der Waals surface area contributed by atoms with Crippen LogP contribution in [0.3, 0.4) is 0 Å². The zero-order chi connectivity index (χ0) is 18.9. The lowest BCUT2D eigenvalue weighted by Crippen LogP contribution is -2.35. The van der Waals surface area contributed by atoms with Crippen LogP contribution in [-0.4, -0.2) is 37.4 Å². The van der Waals surface area contributed by atoms with Gasteiger partial charge in [-0.2, -0.15) is 0 Å². The number of hydrogen-bond donors (Lipinski definition) is 2. The highest BCUT2D eigenvalue weighted by molar-refractivity contribution is 6.42. The average molecular weight is 398 g/mol. The molecular weight excluding hydrogens is 377 g/mol. The highest BCUT2D eigenvalue weighted by Crippen LogP contribution is 2.31. The molecule has 26 heavy (non-hydrogen) atoms. The summed E-state index contributed by atoms with van der Waals surface area (Å²) in [4.78, 5) is 11.9. The summed E-state index contributed by atoms with van der Waals surface area (Å²) in [5, 5.41) is 13.3. The fourth-order valence-electron chi connectivity index (χ4n) is 2.21. The molecule has 2 aromatic rings. The van der Waals surface area contributed by atoms with E-state index in [9.17, 15) is 9.90 Å². The van der Waals surface area contributed by atoms with Gasteiger partial charge >= 0.3 is 0 Å². The topological polar surface area (TPSA) is 67.8 Å². The van der Waals surface area contributed by atoms with Crippen LogP contribution in [0.4, 0.5) is 0 Å². The number of aryl methyl sites for hydroxylation is 1. The minimum atomic E-state index is -0.852. The molecule has 0 aromatic heterocycles. The molecular formula is C19H21Cl2NO4. The number of benzene rings is 2. The molecule has 0 radical (unpaired) electrons. The minimum Gasteiger partial charge on any atom is -0.497 e. The molecule has 0 aliphatic rings. The van der Waals surface area contributed by atoms with Crippen LogP contribution in [0.15, 0.2) is 42.5 Å². The Kier molecular flexibility index (Phi) is 8.04. The van der Waals surface area contributed by atoms with E-state index >= 15 is 0 Å². The number of hydrogen-bond acceptors (Lipinski definition) is 4. The van der Waals surface area contributed by atoms with Gasteiger partial charge in [-0.25, -0.2) is 0 Å². The summed E-state index contributed by atoms with van der Waals surface area (Å²) in [6, 6.07) is 12.6. The number of carbonyl (C=O) groups is 1. The lowest BCUT2D eigenvalue weighted by molar-refractivity contribution is -0.121. The molecule has 0 aliphatic carbocycles. The van der Waals surface area contributed by atoms with Crippen molar-refractivity contribution in [2.24, 2.45) is 0 Å². The summed E-state index contributed by atoms with van der Waals surface area (Å²) in [6.45, 7) is 0.0957. The number of carbonyl (C=O) groups excluding carboxylic acids is 1. The van der Waals surface area contributed by atoms with E-state index < -0.39 is 6.10 Å². The van der Waals surface area contributed by atoms with E-state index in [1.54, 1.807) is 25.3 Å². The van der Waals surface area contributed by atoms with Crippen LogP contribution in [0, 0.1) is 0 Å². The Bertz CT molecular complexity index is 722. The molecule has 2 aromatic carbocycles. The number of aliphatic hydroxyl groups is 1. The van der Waals surface area contributed by atoms with Crippen molar-refractivity contribution in [2.75, 3.05) is 20.3 Å². The molecule has 7 heteroatoms. The maximum absolute atomic E-state index is 11.9. The summed E-state index contributed by atoms with van der Waals surface area (Å²) >= 11 is 11.9. The summed E-state index contributed by atoms with van der Waals surface area (Å²) in [6.07, 6.45) is 0.0931. The molecule has 5 nitrogen and oxygen atoms in total. The summed E-state index contributed by atoms with van der Waals surface area (Å²) in [5.74, 6) is 1.03. The molecule has 0 bridgehead atoms. The first-order valence-corrected chi connectivity index (χ1v) is 8.89. The maximum atomic E-state index is 11.9. The number of halogens is 2. The van der Waals surface area contributed by atoms with E-state index in [1.807, 2.05) is 24.3 Å². The van der Waals surface area contributed by atoms with E-state index in [4.69, 9.17) is 32.7 Å². The van der Waals surface area contributed by atoms with Crippen LogP contribution < -0.4 is 14.8 Å². The Morgan fingerprint density at radius 3 is 2.62 bits per heavy atom. The van der Waals surface area contributed by atoms with Crippen molar-refractivity contribution in [1.82, 2.24) is 5.32 Å². The number of amides is 1. The summed E-state index contributed by atoms with van der Waals surface area (Å²) in [7, 11) is 1.61. The van der Waals surface area contributed by atoms with Crippen LogP contribution in [0.25, 0.3) is 0 Å². The van der Waals surface area contributed by atoms with Gasteiger partial charge in [-0.15, -0.1) is 0 Å². The van der Waals surface area contributed by atoms with Crippen molar-refractivity contribution >= 4 is 29.1 Å². The van der Waals surface area contributed by atoms with E-state index in [0.29, 0.717) is 28.6 Å². The molecule has 0 fully saturated rings. The Labute approximate surface area is 162 Å². The third-order valence-electron chi connectivity index (χ3n) is 3.68. The van der Waals surface area contributed by atoms with Gasteiger partial charge in [-0.05, 0) is 36.2 Å². The third kappa shape index (κ3) is 6.41. The van der Waals surface area contributed by atoms with Crippen molar-refractivity contribution < 1.29 is 19.4 Å². The van der Waals surface area contributed by atoms with Crippen molar-refractivity contribution in [3.05, 3.63) is 58.1 Å². The second-order valence-corrected chi connectivity index (χ2v) is 6.45. The van der Waals surface area contributed by atoms with Crippen molar-refractivity contribution in [1.29, 1.82) is 0 Å². The minimum absolute atomic E-state index is 0.00117. The maximum Gasteiger partial charge on any atom is 0.220 e. The lowest BCUT2D eigenvalue weighted by atomic mass is 10.1. The van der Waals surface area contributed by atoms with Crippen LogP contribution in [-0.2, 0) is 11.2 Å². The number of aliphatic hydroxyl groups excluding tert-OH is 1. The normalized spacial score (nSPS) is 11.7. The molecule has 140 valence electrons. The number of ether oxygens (including phenoxy) is 2. The Morgan fingerprint density at radius 1 is 1.19 bits per heavy atom. The summed E-state index contributed by atoms with van der Waals surface area (Å²) < 4.78 is 10.5. The van der Waals surface area contributed by atoms with Crippen LogP contribution in [0.1, 0.15) is 12.0 Å². The molecule has 2 N–H and O–H groups in total. The first kappa shape index (κ1) is 20.4. The van der Waals surface area contributed by atoms with Gasteiger partial charge in [0.15, 0.2) is 0 Å². The predicted octanol–water partition coefficient (Wildman–Crippen LogP) is 3.49. The van der Waals surface area contributed by atoms with E-state index in [1.165, 1.54) is 0 Å². The zero-order valence-corrected chi connectivity index (χ0v) is 15.9. The predicted molar refractivity (Wildman–Crippen MR) is 102 cm³/mol. The second kappa shape index (κ2) is 10.3. The molecule has 1 atom stereocenters. The highest BCUT2D eigenvalue weighted by Gasteiger charge is 2.11. The lowest BCUT2D eigenvalue weighted by Gasteiger charge is -2.14. The molecule has 2 rings (SSSR count). The number of methoxy groups -OCH3 is 1. The number of rotatable bonds is 9. The van der Waals surface area contributed by atoms with Gasteiger partial charge in [0.2, 0.25) is 5.91 Å². The first-order valence-electron chi connectivity index (χ1n) is 8.14. The fraction of sp³-hybridized carbons (Fsp3) is 0.316. The monoisotopic (exact) mass is 397 g/mol. The van der Waals surface area contributed by atoms with Crippen molar-refractivity contribution in [3.8, 4) is 11.5 Å². The molecule has 0 heterocycles. The quantitative estimate of drug-likeness (QED) is 0.679. The van der Waals surface area contributed by atoms with Crippen LogP contribution >= 0.6 is 23.2 Å². The van der Waals surface area contributed by atoms with E-state index in [-0.39, 0.29) is 19.1 Å². The van der Waals surface area contributed by atoms with E-state index in [0.717, 1.165) is 11.3 Å². The van der Waals surface area contributed by atoms with E-state index in [2.05, 4.69) is 5.32 Å². The Hall–Kier alpha value is -1.95. The van der Waals surface area contributed by atoms with Crippen molar-refractivity contribution in [3.63, 3.8) is 0 Å². The van der Waals surface area contributed by atoms with Crippen LogP contribution in [0.2, 0.25) is 10.0 Å². The Balaban J connectivity index is 1.68. The smallest absolute Gasteiger partial charge is 0.220 e. The standard InChI is InChI=1S/C19H21Cl2NO4/c1-25-15-8-5-13(6-9-15)7-10-18(24)22-11-14(23)12-26-17-4-2-3-16(20)19(17)21/h2-6,8-9,14,23H,7,10-12H2,1H3,(H,22,24). The van der Waals surface area contributed by atoms with Gasteiger partial charge in [-0.1, -0.05) is 41.4 Å². The first-order chi connectivity index (χ1) is 12.5. The van der Waals surface area contributed by atoms with Crippen LogP contribution in [0.5, 0.6) is 11.5 Å². The third-order valence-corrected chi connectivity index (χ3v) is 4.48. The molecule has 0 spiro atoms. The number of nitrogens with one attached hydrogen (secondary N) is 1. The highest BCUT2D eigenvalue weighted by atomic mass is 35.5. The molecule has 0 saturated carbocycles. The van der Waals surface area contributed by atoms with Gasteiger partial charge in [0, 0.05) is 13.0 Å². The van der Waals surface area contributed by atoms with Gasteiger partial charge in [0.25, 0.3) is 0 Å². The molecule has 1 unspecified atom stereocenters. The molecule has 0 saturated heterocycles. The summed E-state index contributed by atoms with van der Waals surface area (Å²) in [5.41, 5.74) is 1.04. The molecule has 1 amide bonds. The SMILES string of the molecule is COc1ccc(CCC(=O)NCC(O)COc2cccc(Cl)c2Cl)cc1. The van der Waals surface area contributed by atoms with Crippen molar-refractivity contribution in [2.45, 2.75) is 18.9 Å². The van der Waals surface area contributed by atoms with Gasteiger partial charge in [0.05, 0.1) is 12.1 Å². The molecule has 0 aliphatic heterocycles. The van der Waals surface area contributed by atoms with Gasteiger partial charge in [-0.3, -0.25) is 4.79 Å². The average Bonchev–Trinajstić information content (AvgIpc) is 2.66. The second-order valence-electron chi connectivity index (χ2n) is 5.67. The van der Waals surface area contributed by atoms with Gasteiger partial charge in [0.1, 0.15) is 29.2 Å².